The van der Waals surface area contributed by atoms with Crippen LogP contribution in [0.25, 0.3) is 0 Å². The molecule has 1 atom stereocenters. The molecular weight excluding hydrogens is 286 g/mol. The van der Waals surface area contributed by atoms with Crippen molar-refractivity contribution >= 4 is 17.8 Å². The molecule has 0 aliphatic carbocycles. The summed E-state index contributed by atoms with van der Waals surface area (Å²) >= 11 is 0. The van der Waals surface area contributed by atoms with Gasteiger partial charge in [0.1, 0.15) is 5.69 Å². The number of pyridine rings is 1. The predicted octanol–water partition coefficient (Wildman–Crippen LogP) is 0.318. The zero-order chi connectivity index (χ0) is 16.1. The minimum Gasteiger partial charge on any atom is -0.448 e. The second-order valence-electron chi connectivity index (χ2n) is 5.09. The summed E-state index contributed by atoms with van der Waals surface area (Å²) in [6, 6.07) is 4.90. The molecule has 2 rings (SSSR count). The first kappa shape index (κ1) is 15.9. The number of amides is 2. The Balaban J connectivity index is 1.88. The molecule has 0 radical (unpaired) electrons. The van der Waals surface area contributed by atoms with Crippen LogP contribution in [0.3, 0.4) is 0 Å². The molecule has 1 saturated heterocycles. The van der Waals surface area contributed by atoms with Gasteiger partial charge in [-0.2, -0.15) is 0 Å². The van der Waals surface area contributed by atoms with Gasteiger partial charge in [0.25, 0.3) is 5.91 Å². The summed E-state index contributed by atoms with van der Waals surface area (Å²) < 4.78 is 5.15. The van der Waals surface area contributed by atoms with E-state index in [2.05, 4.69) is 4.98 Å². The number of carbonyl (C=O) groups excluding carboxylic acids is 3. The van der Waals surface area contributed by atoms with Crippen LogP contribution in [0.4, 0.5) is 0 Å². The summed E-state index contributed by atoms with van der Waals surface area (Å²) in [5, 5.41) is 0. The van der Waals surface area contributed by atoms with E-state index in [1.807, 2.05) is 0 Å². The first-order valence-electron chi connectivity index (χ1n) is 7.15. The molecule has 118 valence electrons. The average Bonchev–Trinajstić information content (AvgIpc) is 2.55. The normalized spacial score (nSPS) is 16.1. The monoisotopic (exact) mass is 305 g/mol. The second-order valence-corrected chi connectivity index (χ2v) is 5.09. The van der Waals surface area contributed by atoms with Crippen molar-refractivity contribution in [2.75, 3.05) is 26.2 Å². The molecule has 0 saturated carbocycles. The maximum atomic E-state index is 12.3. The van der Waals surface area contributed by atoms with Crippen LogP contribution in [-0.2, 0) is 14.3 Å². The maximum Gasteiger partial charge on any atom is 0.357 e. The number of carbonyl (C=O) groups is 3. The topological polar surface area (TPSA) is 79.8 Å². The minimum atomic E-state index is -0.876. The van der Waals surface area contributed by atoms with Crippen molar-refractivity contribution in [3.8, 4) is 0 Å². The second kappa shape index (κ2) is 7.02. The number of nitrogens with zero attached hydrogens (tertiary/aromatic N) is 3. The van der Waals surface area contributed by atoms with Gasteiger partial charge in [0.15, 0.2) is 6.10 Å². The SMILES string of the molecule is CC(=O)N1CCN(C(=O)C(C)OC(=O)c2ccccn2)CC1. The number of ether oxygens (including phenoxy) is 1. The number of rotatable bonds is 3. The molecule has 0 spiro atoms. The lowest BCUT2D eigenvalue weighted by molar-refractivity contribution is -0.144. The Bertz CT molecular complexity index is 553. The van der Waals surface area contributed by atoms with E-state index in [0.29, 0.717) is 26.2 Å². The molecule has 2 amide bonds. The van der Waals surface area contributed by atoms with Crippen molar-refractivity contribution in [1.82, 2.24) is 14.8 Å². The Morgan fingerprint density at radius 3 is 2.32 bits per heavy atom. The number of esters is 1. The molecule has 1 aromatic heterocycles. The third-order valence-electron chi connectivity index (χ3n) is 3.54. The van der Waals surface area contributed by atoms with Crippen molar-refractivity contribution in [2.45, 2.75) is 20.0 Å². The summed E-state index contributed by atoms with van der Waals surface area (Å²) in [6.07, 6.45) is 0.614. The highest BCUT2D eigenvalue weighted by Crippen LogP contribution is 2.08. The Kier molecular flexibility index (Phi) is 5.08. The van der Waals surface area contributed by atoms with Crippen LogP contribution < -0.4 is 0 Å². The zero-order valence-corrected chi connectivity index (χ0v) is 12.7. The van der Waals surface area contributed by atoms with Crippen LogP contribution in [0.5, 0.6) is 0 Å². The average molecular weight is 305 g/mol. The van der Waals surface area contributed by atoms with Gasteiger partial charge in [-0.25, -0.2) is 9.78 Å². The molecule has 1 fully saturated rings. The molecule has 1 aromatic rings. The fraction of sp³-hybridized carbons (Fsp3) is 0.467. The Morgan fingerprint density at radius 1 is 1.14 bits per heavy atom. The van der Waals surface area contributed by atoms with Gasteiger partial charge >= 0.3 is 5.97 Å². The third kappa shape index (κ3) is 3.81. The van der Waals surface area contributed by atoms with Crippen molar-refractivity contribution in [2.24, 2.45) is 0 Å². The van der Waals surface area contributed by atoms with Gasteiger partial charge in [0, 0.05) is 39.3 Å². The fourth-order valence-corrected chi connectivity index (χ4v) is 2.25. The number of aromatic nitrogens is 1. The lowest BCUT2D eigenvalue weighted by Crippen LogP contribution is -2.52. The van der Waals surface area contributed by atoms with Crippen LogP contribution in [0.1, 0.15) is 24.3 Å². The molecule has 0 N–H and O–H groups in total. The van der Waals surface area contributed by atoms with E-state index < -0.39 is 12.1 Å². The summed E-state index contributed by atoms with van der Waals surface area (Å²) in [5.74, 6) is -0.877. The highest BCUT2D eigenvalue weighted by Gasteiger charge is 2.28. The van der Waals surface area contributed by atoms with E-state index in [1.54, 1.807) is 28.9 Å². The smallest absolute Gasteiger partial charge is 0.357 e. The third-order valence-corrected chi connectivity index (χ3v) is 3.54. The van der Waals surface area contributed by atoms with E-state index in [0.717, 1.165) is 0 Å². The van der Waals surface area contributed by atoms with Crippen molar-refractivity contribution in [3.63, 3.8) is 0 Å². The molecule has 2 heterocycles. The number of piperazine rings is 1. The van der Waals surface area contributed by atoms with Crippen LogP contribution in [0.2, 0.25) is 0 Å². The number of hydrogen-bond donors (Lipinski definition) is 0. The van der Waals surface area contributed by atoms with E-state index in [-0.39, 0.29) is 17.5 Å². The highest BCUT2D eigenvalue weighted by atomic mass is 16.5. The van der Waals surface area contributed by atoms with Gasteiger partial charge in [-0.05, 0) is 19.1 Å². The van der Waals surface area contributed by atoms with Crippen LogP contribution in [-0.4, -0.2) is 64.9 Å². The molecular formula is C15H19N3O4. The minimum absolute atomic E-state index is 0.00160. The van der Waals surface area contributed by atoms with E-state index in [4.69, 9.17) is 4.74 Å². The van der Waals surface area contributed by atoms with Crippen molar-refractivity contribution in [1.29, 1.82) is 0 Å². The predicted molar refractivity (Wildman–Crippen MR) is 77.9 cm³/mol. The van der Waals surface area contributed by atoms with E-state index in [1.165, 1.54) is 19.2 Å². The van der Waals surface area contributed by atoms with Crippen molar-refractivity contribution < 1.29 is 19.1 Å². The highest BCUT2D eigenvalue weighted by molar-refractivity contribution is 5.90. The van der Waals surface area contributed by atoms with E-state index in [9.17, 15) is 14.4 Å². The quantitative estimate of drug-likeness (QED) is 0.751. The zero-order valence-electron chi connectivity index (χ0n) is 12.7. The van der Waals surface area contributed by atoms with Crippen LogP contribution >= 0.6 is 0 Å². The van der Waals surface area contributed by atoms with Gasteiger partial charge in [-0.3, -0.25) is 9.59 Å². The van der Waals surface area contributed by atoms with Gasteiger partial charge in [-0.15, -0.1) is 0 Å². The lowest BCUT2D eigenvalue weighted by atomic mass is 10.2. The van der Waals surface area contributed by atoms with Crippen LogP contribution in [0, 0.1) is 0 Å². The lowest BCUT2D eigenvalue weighted by Gasteiger charge is -2.35. The molecule has 0 aromatic carbocycles. The molecule has 1 aliphatic rings. The van der Waals surface area contributed by atoms with Gasteiger partial charge in [0.05, 0.1) is 0 Å². The molecule has 22 heavy (non-hydrogen) atoms. The molecule has 7 nitrogen and oxygen atoms in total. The van der Waals surface area contributed by atoms with Gasteiger partial charge in [0.2, 0.25) is 5.91 Å². The summed E-state index contributed by atoms with van der Waals surface area (Å²) in [4.78, 5) is 42.6. The standard InChI is InChI=1S/C15H19N3O4/c1-11(22-15(21)13-5-3-4-6-16-13)14(20)18-9-7-17(8-10-18)12(2)19/h3-6,11H,7-10H2,1-2H3. The molecule has 0 bridgehead atoms. The molecule has 1 unspecified atom stereocenters. The number of hydrogen-bond acceptors (Lipinski definition) is 5. The molecule has 7 heteroatoms. The first-order valence-corrected chi connectivity index (χ1v) is 7.15. The van der Waals surface area contributed by atoms with Gasteiger partial charge < -0.3 is 14.5 Å². The fourth-order valence-electron chi connectivity index (χ4n) is 2.25. The summed E-state index contributed by atoms with van der Waals surface area (Å²) in [7, 11) is 0. The molecule has 1 aliphatic heterocycles. The summed E-state index contributed by atoms with van der Waals surface area (Å²) in [6.45, 7) is 4.95. The Labute approximate surface area is 128 Å². The Hall–Kier alpha value is -2.44. The summed E-state index contributed by atoms with van der Waals surface area (Å²) in [5.41, 5.74) is 0.170. The maximum absolute atomic E-state index is 12.3. The van der Waals surface area contributed by atoms with E-state index >= 15 is 0 Å². The largest absolute Gasteiger partial charge is 0.448 e. The van der Waals surface area contributed by atoms with Crippen LogP contribution in [0.15, 0.2) is 24.4 Å². The Morgan fingerprint density at radius 2 is 1.77 bits per heavy atom. The van der Waals surface area contributed by atoms with Crippen molar-refractivity contribution in [3.05, 3.63) is 30.1 Å². The van der Waals surface area contributed by atoms with Gasteiger partial charge in [-0.1, -0.05) is 6.07 Å². The first-order chi connectivity index (χ1) is 10.5.